The van der Waals surface area contributed by atoms with Crippen LogP contribution in [0.3, 0.4) is 0 Å². The van der Waals surface area contributed by atoms with Gasteiger partial charge in [0.05, 0.1) is 11.7 Å². The predicted molar refractivity (Wildman–Crippen MR) is 73.5 cm³/mol. The molecule has 0 saturated carbocycles. The van der Waals surface area contributed by atoms with Gasteiger partial charge in [-0.25, -0.2) is 0 Å². The molecule has 2 N–H and O–H groups in total. The minimum atomic E-state index is -0.427. The molecule has 4 heteroatoms. The smallest absolute Gasteiger partial charge is 0.249 e. The summed E-state index contributed by atoms with van der Waals surface area (Å²) in [4.78, 5) is 11.5. The maximum Gasteiger partial charge on any atom is 0.249 e. The first-order valence-electron chi connectivity index (χ1n) is 5.86. The van der Waals surface area contributed by atoms with Crippen molar-refractivity contribution in [3.8, 4) is 11.1 Å². The average molecular weight is 249 g/mol. The van der Waals surface area contributed by atoms with E-state index >= 15 is 0 Å². The number of carbonyl (C=O) groups is 1. The molecule has 2 aromatic carbocycles. The monoisotopic (exact) mass is 249 g/mol. The molecule has 0 saturated heterocycles. The van der Waals surface area contributed by atoms with Crippen LogP contribution in [0.25, 0.3) is 22.0 Å². The number of carbonyl (C=O) groups excluding carboxylic acids is 1. The van der Waals surface area contributed by atoms with E-state index in [2.05, 4.69) is 10.2 Å². The fourth-order valence-corrected chi connectivity index (χ4v) is 2.11. The Morgan fingerprint density at radius 1 is 1.05 bits per heavy atom. The Kier molecular flexibility index (Phi) is 2.68. The van der Waals surface area contributed by atoms with E-state index in [0.717, 1.165) is 22.0 Å². The molecule has 1 heterocycles. The summed E-state index contributed by atoms with van der Waals surface area (Å²) in [6, 6.07) is 15.0. The van der Waals surface area contributed by atoms with Crippen molar-refractivity contribution in [2.24, 2.45) is 5.73 Å². The number of nitrogens with zero attached hydrogens (tertiary/aromatic N) is 2. The van der Waals surface area contributed by atoms with Crippen LogP contribution in [0.2, 0.25) is 0 Å². The topological polar surface area (TPSA) is 68.9 Å². The standard InChI is InChI=1S/C15H11N3O/c16-15(19)13-4-2-1-3-12(13)10-5-6-14-11(9-10)7-8-17-18-14/h1-9H,(H2,16,19). The zero-order valence-corrected chi connectivity index (χ0v) is 10.1. The van der Waals surface area contributed by atoms with Gasteiger partial charge >= 0.3 is 0 Å². The van der Waals surface area contributed by atoms with Crippen LogP contribution in [-0.4, -0.2) is 16.1 Å². The summed E-state index contributed by atoms with van der Waals surface area (Å²) < 4.78 is 0. The Hall–Kier alpha value is -2.75. The van der Waals surface area contributed by atoms with E-state index in [1.54, 1.807) is 18.3 Å². The highest BCUT2D eigenvalue weighted by Crippen LogP contribution is 2.26. The lowest BCUT2D eigenvalue weighted by molar-refractivity contribution is 0.100. The summed E-state index contributed by atoms with van der Waals surface area (Å²) in [5, 5.41) is 8.85. The highest BCUT2D eigenvalue weighted by molar-refractivity contribution is 6.00. The second-order valence-electron chi connectivity index (χ2n) is 4.21. The quantitative estimate of drug-likeness (QED) is 0.758. The van der Waals surface area contributed by atoms with E-state index < -0.39 is 5.91 Å². The minimum absolute atomic E-state index is 0.427. The van der Waals surface area contributed by atoms with E-state index in [4.69, 9.17) is 5.73 Å². The zero-order valence-electron chi connectivity index (χ0n) is 10.1. The molecule has 0 fully saturated rings. The van der Waals surface area contributed by atoms with E-state index in [1.807, 2.05) is 36.4 Å². The third-order valence-corrected chi connectivity index (χ3v) is 3.02. The van der Waals surface area contributed by atoms with Crippen molar-refractivity contribution >= 4 is 16.8 Å². The van der Waals surface area contributed by atoms with Gasteiger partial charge in [0.25, 0.3) is 0 Å². The van der Waals surface area contributed by atoms with Crippen LogP contribution in [0.1, 0.15) is 10.4 Å². The number of fused-ring (bicyclic) bond motifs is 1. The Labute approximate surface area is 109 Å². The predicted octanol–water partition coefficient (Wildman–Crippen LogP) is 2.40. The number of rotatable bonds is 2. The zero-order chi connectivity index (χ0) is 13.2. The van der Waals surface area contributed by atoms with Crippen LogP contribution in [0.4, 0.5) is 0 Å². The van der Waals surface area contributed by atoms with Crippen molar-refractivity contribution < 1.29 is 4.79 Å². The number of hydrogen-bond donors (Lipinski definition) is 1. The fraction of sp³-hybridized carbons (Fsp3) is 0. The first-order chi connectivity index (χ1) is 9.25. The molecule has 3 aromatic rings. The molecule has 19 heavy (non-hydrogen) atoms. The molecule has 0 spiro atoms. The molecule has 4 nitrogen and oxygen atoms in total. The molecular weight excluding hydrogens is 238 g/mol. The summed E-state index contributed by atoms with van der Waals surface area (Å²) >= 11 is 0. The third-order valence-electron chi connectivity index (χ3n) is 3.02. The molecule has 1 aromatic heterocycles. The lowest BCUT2D eigenvalue weighted by Crippen LogP contribution is -2.12. The molecular formula is C15H11N3O. The first-order valence-corrected chi connectivity index (χ1v) is 5.86. The Bertz CT molecular complexity index is 768. The van der Waals surface area contributed by atoms with Gasteiger partial charge in [0.2, 0.25) is 5.91 Å². The number of nitrogens with two attached hydrogens (primary N) is 1. The molecule has 0 bridgehead atoms. The highest BCUT2D eigenvalue weighted by atomic mass is 16.1. The Morgan fingerprint density at radius 2 is 1.89 bits per heavy atom. The van der Waals surface area contributed by atoms with Crippen molar-refractivity contribution in [2.75, 3.05) is 0 Å². The summed E-state index contributed by atoms with van der Waals surface area (Å²) in [5.74, 6) is -0.427. The van der Waals surface area contributed by atoms with Crippen molar-refractivity contribution in [1.29, 1.82) is 0 Å². The molecule has 0 aliphatic rings. The molecule has 0 unspecified atom stereocenters. The lowest BCUT2D eigenvalue weighted by Gasteiger charge is -2.07. The summed E-state index contributed by atoms with van der Waals surface area (Å²) in [7, 11) is 0. The highest BCUT2D eigenvalue weighted by Gasteiger charge is 2.09. The molecule has 92 valence electrons. The van der Waals surface area contributed by atoms with E-state index in [-0.39, 0.29) is 0 Å². The van der Waals surface area contributed by atoms with Gasteiger partial charge < -0.3 is 5.73 Å². The van der Waals surface area contributed by atoms with Crippen molar-refractivity contribution in [3.05, 3.63) is 60.3 Å². The van der Waals surface area contributed by atoms with E-state index in [9.17, 15) is 4.79 Å². The number of hydrogen-bond acceptors (Lipinski definition) is 3. The summed E-state index contributed by atoms with van der Waals surface area (Å²) in [5.41, 5.74) is 8.51. The lowest BCUT2D eigenvalue weighted by atomic mass is 9.98. The molecule has 3 rings (SSSR count). The van der Waals surface area contributed by atoms with Crippen LogP contribution in [0, 0.1) is 0 Å². The molecule has 0 radical (unpaired) electrons. The number of amides is 1. The molecule has 0 aliphatic carbocycles. The minimum Gasteiger partial charge on any atom is -0.366 e. The van der Waals surface area contributed by atoms with Crippen LogP contribution in [0.5, 0.6) is 0 Å². The SMILES string of the molecule is NC(=O)c1ccccc1-c1ccc2nnccc2c1. The summed E-state index contributed by atoms with van der Waals surface area (Å²) in [6.07, 6.45) is 1.64. The summed E-state index contributed by atoms with van der Waals surface area (Å²) in [6.45, 7) is 0. The van der Waals surface area contributed by atoms with Crippen molar-refractivity contribution in [3.63, 3.8) is 0 Å². The van der Waals surface area contributed by atoms with Gasteiger partial charge in [-0.15, -0.1) is 0 Å². The van der Waals surface area contributed by atoms with Crippen LogP contribution in [-0.2, 0) is 0 Å². The normalized spacial score (nSPS) is 10.5. The Balaban J connectivity index is 2.22. The largest absolute Gasteiger partial charge is 0.366 e. The van der Waals surface area contributed by atoms with Gasteiger partial charge in [-0.05, 0) is 35.4 Å². The average Bonchev–Trinajstić information content (AvgIpc) is 2.46. The van der Waals surface area contributed by atoms with E-state index in [1.165, 1.54) is 0 Å². The van der Waals surface area contributed by atoms with Crippen molar-refractivity contribution in [2.45, 2.75) is 0 Å². The Morgan fingerprint density at radius 3 is 2.74 bits per heavy atom. The maximum absolute atomic E-state index is 11.5. The number of aromatic nitrogens is 2. The van der Waals surface area contributed by atoms with Gasteiger partial charge in [-0.2, -0.15) is 10.2 Å². The first kappa shape index (κ1) is 11.3. The van der Waals surface area contributed by atoms with Crippen LogP contribution < -0.4 is 5.73 Å². The van der Waals surface area contributed by atoms with Crippen molar-refractivity contribution in [1.82, 2.24) is 10.2 Å². The van der Waals surface area contributed by atoms with Crippen LogP contribution in [0.15, 0.2) is 54.7 Å². The number of primary amides is 1. The van der Waals surface area contributed by atoms with Gasteiger partial charge in [0.15, 0.2) is 0 Å². The van der Waals surface area contributed by atoms with Gasteiger partial charge in [0, 0.05) is 10.9 Å². The molecule has 1 amide bonds. The third kappa shape index (κ3) is 2.04. The molecule has 0 atom stereocenters. The van der Waals surface area contributed by atoms with Gasteiger partial charge in [0.1, 0.15) is 0 Å². The second-order valence-corrected chi connectivity index (χ2v) is 4.21. The fourth-order valence-electron chi connectivity index (χ4n) is 2.11. The van der Waals surface area contributed by atoms with Gasteiger partial charge in [-0.3, -0.25) is 4.79 Å². The second kappa shape index (κ2) is 4.49. The van der Waals surface area contributed by atoms with Crippen LogP contribution >= 0.6 is 0 Å². The molecule has 0 aliphatic heterocycles. The number of benzene rings is 2. The maximum atomic E-state index is 11.5. The van der Waals surface area contributed by atoms with Gasteiger partial charge in [-0.1, -0.05) is 24.3 Å². The van der Waals surface area contributed by atoms with E-state index in [0.29, 0.717) is 5.56 Å².